The van der Waals surface area contributed by atoms with Crippen LogP contribution in [0.15, 0.2) is 42.7 Å². The minimum atomic E-state index is -0.256. The maximum atomic E-state index is 12.6. The van der Waals surface area contributed by atoms with Crippen LogP contribution in [0.1, 0.15) is 16.3 Å². The van der Waals surface area contributed by atoms with Gasteiger partial charge in [-0.25, -0.2) is 4.98 Å². The number of rotatable bonds is 6. The van der Waals surface area contributed by atoms with Gasteiger partial charge in [-0.1, -0.05) is 23.7 Å². The Morgan fingerprint density at radius 3 is 2.75 bits per heavy atom. The van der Waals surface area contributed by atoms with Crippen molar-refractivity contribution < 1.29 is 9.90 Å². The number of benzene rings is 1. The summed E-state index contributed by atoms with van der Waals surface area (Å²) < 4.78 is 0. The van der Waals surface area contributed by atoms with Crippen LogP contribution < -0.4 is 0 Å². The molecule has 0 spiro atoms. The summed E-state index contributed by atoms with van der Waals surface area (Å²) in [5.41, 5.74) is 1.85. The maximum Gasteiger partial charge on any atom is 0.272 e. The third-order valence-corrected chi connectivity index (χ3v) is 3.75. The van der Waals surface area contributed by atoms with Crippen molar-refractivity contribution in [1.29, 1.82) is 0 Å². The Balaban J connectivity index is 1.79. The molecule has 0 atom stereocenters. The lowest BCUT2D eigenvalue weighted by molar-refractivity contribution is 0.0697. The Morgan fingerprint density at radius 2 is 2.08 bits per heavy atom. The van der Waals surface area contributed by atoms with Gasteiger partial charge in [0, 0.05) is 29.5 Å². The number of aromatic nitrogens is 4. The van der Waals surface area contributed by atoms with E-state index in [9.17, 15) is 9.90 Å². The standard InChI is InChI=1S/C16H16ClN5O2/c17-12-3-1-11(2-4-12)13-9-14(21-20-13)16(24)22(7-8-23)10-15-18-5-6-19-15/h1-6,9,23H,7-8,10H2,(H,18,19)(H,20,21). The van der Waals surface area contributed by atoms with Crippen molar-refractivity contribution in [3.63, 3.8) is 0 Å². The number of carbonyl (C=O) groups is 1. The lowest BCUT2D eigenvalue weighted by Gasteiger charge is -2.19. The van der Waals surface area contributed by atoms with E-state index in [1.165, 1.54) is 4.90 Å². The molecule has 7 nitrogen and oxygen atoms in total. The summed E-state index contributed by atoms with van der Waals surface area (Å²) in [6.07, 6.45) is 3.30. The zero-order valence-corrected chi connectivity index (χ0v) is 13.5. The summed E-state index contributed by atoms with van der Waals surface area (Å²) in [5.74, 6) is 0.391. The fraction of sp³-hybridized carbons (Fsp3) is 0.188. The first-order chi connectivity index (χ1) is 11.7. The number of hydrogen-bond acceptors (Lipinski definition) is 4. The SMILES string of the molecule is O=C(c1cc(-c2ccc(Cl)cc2)n[nH]1)N(CCO)Cc1ncc[nH]1. The number of halogens is 1. The summed E-state index contributed by atoms with van der Waals surface area (Å²) in [7, 11) is 0. The molecule has 1 aromatic carbocycles. The molecule has 8 heteroatoms. The highest BCUT2D eigenvalue weighted by Crippen LogP contribution is 2.20. The lowest BCUT2D eigenvalue weighted by Crippen LogP contribution is -2.33. The second kappa shape index (κ2) is 7.29. The van der Waals surface area contributed by atoms with Crippen LogP contribution in [-0.4, -0.2) is 49.2 Å². The second-order valence-electron chi connectivity index (χ2n) is 5.16. The van der Waals surface area contributed by atoms with E-state index < -0.39 is 0 Å². The van der Waals surface area contributed by atoms with Crippen LogP contribution in [0.5, 0.6) is 0 Å². The zero-order chi connectivity index (χ0) is 16.9. The summed E-state index contributed by atoms with van der Waals surface area (Å²) in [5, 5.41) is 16.8. The lowest BCUT2D eigenvalue weighted by atomic mass is 10.1. The monoisotopic (exact) mass is 345 g/mol. The summed E-state index contributed by atoms with van der Waals surface area (Å²) in [6, 6.07) is 8.88. The minimum Gasteiger partial charge on any atom is -0.395 e. The van der Waals surface area contributed by atoms with Gasteiger partial charge in [-0.15, -0.1) is 0 Å². The van der Waals surface area contributed by atoms with Crippen LogP contribution >= 0.6 is 11.6 Å². The number of H-pyrrole nitrogens is 2. The molecule has 0 aliphatic carbocycles. The first kappa shape index (κ1) is 16.2. The molecule has 0 saturated heterocycles. The van der Waals surface area contributed by atoms with Crippen LogP contribution in [0.3, 0.4) is 0 Å². The van der Waals surface area contributed by atoms with Crippen LogP contribution in [0.4, 0.5) is 0 Å². The second-order valence-corrected chi connectivity index (χ2v) is 5.60. The van der Waals surface area contributed by atoms with Gasteiger partial charge in [0.25, 0.3) is 5.91 Å². The third kappa shape index (κ3) is 3.64. The molecule has 3 N–H and O–H groups in total. The largest absolute Gasteiger partial charge is 0.395 e. The molecule has 24 heavy (non-hydrogen) atoms. The third-order valence-electron chi connectivity index (χ3n) is 3.50. The zero-order valence-electron chi connectivity index (χ0n) is 12.7. The molecular weight excluding hydrogens is 330 g/mol. The fourth-order valence-electron chi connectivity index (χ4n) is 2.31. The molecule has 1 amide bonds. The number of aromatic amines is 2. The Hall–Kier alpha value is -2.64. The van der Waals surface area contributed by atoms with Gasteiger partial charge in [0.15, 0.2) is 0 Å². The number of nitrogens with one attached hydrogen (secondary N) is 2. The first-order valence-corrected chi connectivity index (χ1v) is 7.75. The Morgan fingerprint density at radius 1 is 1.29 bits per heavy atom. The van der Waals surface area contributed by atoms with E-state index in [0.29, 0.717) is 22.2 Å². The van der Waals surface area contributed by atoms with E-state index in [2.05, 4.69) is 20.2 Å². The Labute approximate surface area is 143 Å². The average Bonchev–Trinajstić information content (AvgIpc) is 3.26. The quantitative estimate of drug-likeness (QED) is 0.637. The molecule has 2 heterocycles. The molecule has 0 radical (unpaired) electrons. The van der Waals surface area contributed by atoms with Crippen LogP contribution in [-0.2, 0) is 6.54 Å². The van der Waals surface area contributed by atoms with Crippen molar-refractivity contribution in [3.05, 3.63) is 59.3 Å². The summed E-state index contributed by atoms with van der Waals surface area (Å²) in [6.45, 7) is 0.348. The van der Waals surface area contributed by atoms with Crippen molar-refractivity contribution in [2.24, 2.45) is 0 Å². The van der Waals surface area contributed by atoms with Crippen LogP contribution in [0, 0.1) is 0 Å². The van der Waals surface area contributed by atoms with Gasteiger partial charge in [0.2, 0.25) is 0 Å². The van der Waals surface area contributed by atoms with Crippen LogP contribution in [0.2, 0.25) is 5.02 Å². The average molecular weight is 346 g/mol. The van der Waals surface area contributed by atoms with Crippen molar-refractivity contribution in [2.75, 3.05) is 13.2 Å². The number of carbonyl (C=O) groups excluding carboxylic acids is 1. The van der Waals surface area contributed by atoms with Gasteiger partial charge in [-0.2, -0.15) is 5.10 Å². The minimum absolute atomic E-state index is 0.134. The molecule has 0 fully saturated rings. The van der Waals surface area contributed by atoms with E-state index in [0.717, 1.165) is 5.56 Å². The number of aliphatic hydroxyl groups is 1. The maximum absolute atomic E-state index is 12.6. The molecule has 0 bridgehead atoms. The van der Waals surface area contributed by atoms with Gasteiger partial charge in [-0.05, 0) is 18.2 Å². The summed E-state index contributed by atoms with van der Waals surface area (Å²) >= 11 is 5.88. The molecule has 2 aromatic heterocycles. The van der Waals surface area contributed by atoms with Crippen molar-refractivity contribution in [2.45, 2.75) is 6.54 Å². The van der Waals surface area contributed by atoms with Gasteiger partial charge in [0.05, 0.1) is 18.8 Å². The highest BCUT2D eigenvalue weighted by Gasteiger charge is 2.19. The topological polar surface area (TPSA) is 97.9 Å². The molecule has 0 aliphatic heterocycles. The van der Waals surface area contributed by atoms with Gasteiger partial charge >= 0.3 is 0 Å². The molecule has 124 valence electrons. The van der Waals surface area contributed by atoms with Crippen molar-refractivity contribution in [1.82, 2.24) is 25.1 Å². The predicted octanol–water partition coefficient (Wildman–Crippen LogP) is 2.09. The highest BCUT2D eigenvalue weighted by molar-refractivity contribution is 6.30. The van der Waals surface area contributed by atoms with E-state index in [4.69, 9.17) is 11.6 Å². The highest BCUT2D eigenvalue weighted by atomic mass is 35.5. The van der Waals surface area contributed by atoms with E-state index in [1.54, 1.807) is 30.6 Å². The smallest absolute Gasteiger partial charge is 0.272 e. The van der Waals surface area contributed by atoms with Crippen molar-refractivity contribution in [3.8, 4) is 11.3 Å². The fourth-order valence-corrected chi connectivity index (χ4v) is 2.43. The Kier molecular flexibility index (Phi) is 4.93. The molecule has 3 aromatic rings. The van der Waals surface area contributed by atoms with Crippen molar-refractivity contribution >= 4 is 17.5 Å². The molecule has 0 saturated carbocycles. The number of aliphatic hydroxyl groups excluding tert-OH is 1. The van der Waals surface area contributed by atoms with Gasteiger partial charge in [-0.3, -0.25) is 9.89 Å². The van der Waals surface area contributed by atoms with E-state index in [-0.39, 0.29) is 25.6 Å². The number of hydrogen-bond donors (Lipinski definition) is 3. The van der Waals surface area contributed by atoms with E-state index >= 15 is 0 Å². The number of nitrogens with zero attached hydrogens (tertiary/aromatic N) is 3. The predicted molar refractivity (Wildman–Crippen MR) is 89.4 cm³/mol. The number of imidazole rings is 1. The first-order valence-electron chi connectivity index (χ1n) is 7.37. The molecule has 0 aliphatic rings. The summed E-state index contributed by atoms with van der Waals surface area (Å²) in [4.78, 5) is 21.2. The van der Waals surface area contributed by atoms with Crippen LogP contribution in [0.25, 0.3) is 11.3 Å². The molecule has 0 unspecified atom stereocenters. The molecular formula is C16H16ClN5O2. The van der Waals surface area contributed by atoms with E-state index in [1.807, 2.05) is 12.1 Å². The molecule has 3 rings (SSSR count). The van der Waals surface area contributed by atoms with Gasteiger partial charge in [0.1, 0.15) is 11.5 Å². The van der Waals surface area contributed by atoms with Gasteiger partial charge < -0.3 is 15.0 Å². The number of amides is 1. The Bertz CT molecular complexity index is 798. The normalized spacial score (nSPS) is 10.8.